The minimum Gasteiger partial charge on any atom is -0.355 e. The van der Waals surface area contributed by atoms with Crippen LogP contribution in [0.25, 0.3) is 22.2 Å². The molecule has 2 aromatic heterocycles. The van der Waals surface area contributed by atoms with Crippen LogP contribution in [0.2, 0.25) is 0 Å². The summed E-state index contributed by atoms with van der Waals surface area (Å²) in [5.41, 5.74) is 2.91. The molecule has 27 heavy (non-hydrogen) atoms. The minimum atomic E-state index is -0.130. The highest BCUT2D eigenvalue weighted by Crippen LogP contribution is 2.27. The lowest BCUT2D eigenvalue weighted by atomic mass is 10.1. The van der Waals surface area contributed by atoms with Crippen molar-refractivity contribution in [1.82, 2.24) is 19.4 Å². The van der Waals surface area contributed by atoms with Crippen LogP contribution in [0.5, 0.6) is 0 Å². The van der Waals surface area contributed by atoms with E-state index < -0.39 is 0 Å². The number of H-pyrrole nitrogens is 1. The van der Waals surface area contributed by atoms with Crippen molar-refractivity contribution in [1.29, 1.82) is 0 Å². The number of hydrogen-bond donors (Lipinski definition) is 1. The number of carbonyl (C=O) groups is 1. The average Bonchev–Trinajstić information content (AvgIpc) is 3.14. The van der Waals surface area contributed by atoms with Crippen LogP contribution in [-0.4, -0.2) is 44.2 Å². The van der Waals surface area contributed by atoms with E-state index in [9.17, 15) is 9.59 Å². The summed E-state index contributed by atoms with van der Waals surface area (Å²) in [6.45, 7) is 1.67. The molecule has 1 fully saturated rings. The Morgan fingerprint density at radius 1 is 1.19 bits per heavy atom. The van der Waals surface area contributed by atoms with Crippen molar-refractivity contribution in [3.05, 3.63) is 46.9 Å². The van der Waals surface area contributed by atoms with Crippen LogP contribution >= 0.6 is 11.8 Å². The van der Waals surface area contributed by atoms with Gasteiger partial charge < -0.3 is 9.88 Å². The Balaban J connectivity index is 1.63. The number of benzene rings is 1. The van der Waals surface area contributed by atoms with Crippen LogP contribution in [0.4, 0.5) is 0 Å². The molecule has 1 aliphatic heterocycles. The molecule has 0 unspecified atom stereocenters. The number of aromatic nitrogens is 3. The SMILES string of the molecule is Cn1c(SCC(=O)N2CCCCC2)nc2c(-c3ccccc3)c[nH]c2c1=O. The molecule has 7 heteroatoms. The van der Waals surface area contributed by atoms with Crippen molar-refractivity contribution in [3.8, 4) is 11.1 Å². The zero-order valence-corrected chi connectivity index (χ0v) is 16.1. The van der Waals surface area contributed by atoms with Gasteiger partial charge in [0.25, 0.3) is 5.56 Å². The number of fused-ring (bicyclic) bond motifs is 1. The third-order valence-corrected chi connectivity index (χ3v) is 6.00. The quantitative estimate of drug-likeness (QED) is 0.556. The molecule has 0 radical (unpaired) electrons. The van der Waals surface area contributed by atoms with Crippen molar-refractivity contribution in [2.24, 2.45) is 7.05 Å². The van der Waals surface area contributed by atoms with Gasteiger partial charge >= 0.3 is 0 Å². The molecule has 1 saturated heterocycles. The van der Waals surface area contributed by atoms with Gasteiger partial charge in [0.15, 0.2) is 5.16 Å². The van der Waals surface area contributed by atoms with Gasteiger partial charge in [-0.25, -0.2) is 4.98 Å². The highest BCUT2D eigenvalue weighted by atomic mass is 32.2. The molecule has 6 nitrogen and oxygen atoms in total. The standard InChI is InChI=1S/C20H22N4O2S/c1-23-19(26)18-17(15(12-21-18)14-8-4-2-5-9-14)22-20(23)27-13-16(25)24-10-6-3-7-11-24/h2,4-5,8-9,12,21H,3,6-7,10-11,13H2,1H3. The molecule has 140 valence electrons. The smallest absolute Gasteiger partial charge is 0.278 e. The predicted molar refractivity (Wildman–Crippen MR) is 108 cm³/mol. The second-order valence-corrected chi connectivity index (χ2v) is 7.72. The Morgan fingerprint density at radius 2 is 1.93 bits per heavy atom. The van der Waals surface area contributed by atoms with Gasteiger partial charge in [0.2, 0.25) is 5.91 Å². The van der Waals surface area contributed by atoms with Crippen molar-refractivity contribution < 1.29 is 4.79 Å². The van der Waals surface area contributed by atoms with E-state index in [-0.39, 0.29) is 11.5 Å². The first kappa shape index (κ1) is 17.9. The van der Waals surface area contributed by atoms with Crippen LogP contribution in [-0.2, 0) is 11.8 Å². The third-order valence-electron chi connectivity index (χ3n) is 4.98. The highest BCUT2D eigenvalue weighted by Gasteiger charge is 2.19. The van der Waals surface area contributed by atoms with Crippen molar-refractivity contribution in [2.45, 2.75) is 24.4 Å². The number of thioether (sulfide) groups is 1. The van der Waals surface area contributed by atoms with Crippen LogP contribution in [0, 0.1) is 0 Å². The number of aromatic amines is 1. The fourth-order valence-electron chi connectivity index (χ4n) is 3.45. The van der Waals surface area contributed by atoms with Crippen LogP contribution in [0.1, 0.15) is 19.3 Å². The zero-order chi connectivity index (χ0) is 18.8. The lowest BCUT2D eigenvalue weighted by Crippen LogP contribution is -2.36. The first-order chi connectivity index (χ1) is 13.1. The second kappa shape index (κ2) is 7.60. The van der Waals surface area contributed by atoms with Crippen molar-refractivity contribution in [2.75, 3.05) is 18.8 Å². The highest BCUT2D eigenvalue weighted by molar-refractivity contribution is 7.99. The number of likely N-dealkylation sites (tertiary alicyclic amines) is 1. The Morgan fingerprint density at radius 3 is 2.67 bits per heavy atom. The molecular weight excluding hydrogens is 360 g/mol. The molecule has 1 amide bonds. The number of nitrogens with one attached hydrogen (secondary N) is 1. The summed E-state index contributed by atoms with van der Waals surface area (Å²) in [7, 11) is 1.70. The van der Waals surface area contributed by atoms with Gasteiger partial charge in [0.1, 0.15) is 11.0 Å². The van der Waals surface area contributed by atoms with E-state index in [1.54, 1.807) is 7.05 Å². The van der Waals surface area contributed by atoms with Crippen LogP contribution in [0.15, 0.2) is 46.5 Å². The van der Waals surface area contributed by atoms with Gasteiger partial charge in [-0.2, -0.15) is 0 Å². The number of rotatable bonds is 4. The molecule has 3 aromatic rings. The first-order valence-corrected chi connectivity index (χ1v) is 10.2. The number of piperidine rings is 1. The number of hydrogen-bond acceptors (Lipinski definition) is 4. The molecule has 1 aromatic carbocycles. The zero-order valence-electron chi connectivity index (χ0n) is 15.3. The van der Waals surface area contributed by atoms with Gasteiger partial charge in [0, 0.05) is 31.9 Å². The fraction of sp³-hybridized carbons (Fsp3) is 0.350. The molecule has 0 spiro atoms. The average molecular weight is 382 g/mol. The molecule has 0 atom stereocenters. The molecule has 3 heterocycles. The molecule has 4 rings (SSSR count). The maximum Gasteiger partial charge on any atom is 0.278 e. The summed E-state index contributed by atoms with van der Waals surface area (Å²) in [5, 5.41) is 0.564. The Hall–Kier alpha value is -2.54. The first-order valence-electron chi connectivity index (χ1n) is 9.19. The van der Waals surface area contributed by atoms with Crippen LogP contribution in [0.3, 0.4) is 0 Å². The van der Waals surface area contributed by atoms with Crippen LogP contribution < -0.4 is 5.56 Å². The molecule has 0 aliphatic carbocycles. The number of nitrogens with zero attached hydrogens (tertiary/aromatic N) is 3. The van der Waals surface area contributed by atoms with Crippen molar-refractivity contribution in [3.63, 3.8) is 0 Å². The Kier molecular flexibility index (Phi) is 5.03. The molecule has 0 saturated carbocycles. The van der Waals surface area contributed by atoms with Gasteiger partial charge in [-0.3, -0.25) is 14.2 Å². The molecular formula is C20H22N4O2S. The normalized spacial score (nSPS) is 14.6. The summed E-state index contributed by atoms with van der Waals surface area (Å²) in [6, 6.07) is 9.87. The van der Waals surface area contributed by atoms with Crippen molar-refractivity contribution >= 4 is 28.7 Å². The van der Waals surface area contributed by atoms with E-state index in [0.29, 0.717) is 21.9 Å². The fourth-order valence-corrected chi connectivity index (χ4v) is 4.32. The summed E-state index contributed by atoms with van der Waals surface area (Å²) in [5.74, 6) is 0.419. The second-order valence-electron chi connectivity index (χ2n) is 6.78. The van der Waals surface area contributed by atoms with Gasteiger partial charge in [-0.1, -0.05) is 42.1 Å². The maximum atomic E-state index is 12.7. The third kappa shape index (κ3) is 3.51. The van der Waals surface area contributed by atoms with E-state index >= 15 is 0 Å². The summed E-state index contributed by atoms with van der Waals surface area (Å²) in [4.78, 5) is 34.9. The Labute approximate surface area is 161 Å². The molecule has 0 bridgehead atoms. The predicted octanol–water partition coefficient (Wildman–Crippen LogP) is 3.03. The Bertz CT molecular complexity index is 1020. The number of carbonyl (C=O) groups excluding carboxylic acids is 1. The van der Waals surface area contributed by atoms with E-state index in [1.807, 2.05) is 41.4 Å². The number of amides is 1. The van der Waals surface area contributed by atoms with Gasteiger partial charge in [-0.05, 0) is 24.8 Å². The monoisotopic (exact) mass is 382 g/mol. The molecule has 1 aliphatic rings. The van der Waals surface area contributed by atoms with E-state index in [2.05, 4.69) is 4.98 Å². The van der Waals surface area contributed by atoms with Gasteiger partial charge in [-0.15, -0.1) is 0 Å². The molecule has 1 N–H and O–H groups in total. The minimum absolute atomic E-state index is 0.117. The summed E-state index contributed by atoms with van der Waals surface area (Å²) < 4.78 is 1.52. The largest absolute Gasteiger partial charge is 0.355 e. The lowest BCUT2D eigenvalue weighted by molar-refractivity contribution is -0.129. The van der Waals surface area contributed by atoms with E-state index in [0.717, 1.165) is 37.1 Å². The summed E-state index contributed by atoms with van der Waals surface area (Å²) >= 11 is 1.33. The lowest BCUT2D eigenvalue weighted by Gasteiger charge is -2.26. The van der Waals surface area contributed by atoms with Gasteiger partial charge in [0.05, 0.1) is 5.75 Å². The summed E-state index contributed by atoms with van der Waals surface area (Å²) in [6.07, 6.45) is 5.16. The maximum absolute atomic E-state index is 12.7. The topological polar surface area (TPSA) is 71.0 Å². The van der Waals surface area contributed by atoms with E-state index in [1.165, 1.54) is 22.7 Å². The van der Waals surface area contributed by atoms with E-state index in [4.69, 9.17) is 4.98 Å².